The maximum Gasteiger partial charge on any atom is 0.0766 e. The van der Waals surface area contributed by atoms with E-state index in [1.165, 1.54) is 6.42 Å². The van der Waals surface area contributed by atoms with Gasteiger partial charge >= 0.3 is 0 Å². The molecule has 1 heterocycles. The average molecular weight is 208 g/mol. The third kappa shape index (κ3) is 3.22. The van der Waals surface area contributed by atoms with Gasteiger partial charge in [0.15, 0.2) is 0 Å². The summed E-state index contributed by atoms with van der Waals surface area (Å²) in [5.41, 5.74) is -0.112. The van der Waals surface area contributed by atoms with Crippen LogP contribution in [0.15, 0.2) is 0 Å². The zero-order valence-corrected chi connectivity index (χ0v) is 10.5. The van der Waals surface area contributed by atoms with Gasteiger partial charge in [0.25, 0.3) is 0 Å². The van der Waals surface area contributed by atoms with Crippen LogP contribution in [0.25, 0.3) is 0 Å². The highest BCUT2D eigenvalue weighted by Gasteiger charge is 2.29. The first-order valence-corrected chi connectivity index (χ1v) is 5.93. The second-order valence-electron chi connectivity index (χ2n) is 5.31. The van der Waals surface area contributed by atoms with Crippen LogP contribution in [-0.2, 0) is 0 Å². The number of rotatable bonds is 2. The molecule has 1 rings (SSSR count). The molecule has 0 aromatic carbocycles. The van der Waals surface area contributed by atoms with Gasteiger partial charge in [-0.25, -0.2) is 0 Å². The predicted molar refractivity (Wildman–Crippen MR) is 65.7 cm³/mol. The van der Waals surface area contributed by atoms with Gasteiger partial charge in [0.05, 0.1) is 5.54 Å². The highest BCUT2D eigenvalue weighted by molar-refractivity contribution is 5.09. The first-order valence-electron chi connectivity index (χ1n) is 5.93. The van der Waals surface area contributed by atoms with E-state index in [1.807, 2.05) is 0 Å². The van der Waals surface area contributed by atoms with Crippen LogP contribution in [0.3, 0.4) is 0 Å². The lowest BCUT2D eigenvalue weighted by molar-refractivity contribution is 0.156. The fraction of sp³-hybridized carbons (Fsp3) is 0.846. The van der Waals surface area contributed by atoms with Crippen molar-refractivity contribution in [2.24, 2.45) is 5.92 Å². The molecule has 0 spiro atoms. The molecule has 0 amide bonds. The Balaban J connectivity index is 2.70. The normalized spacial score (nSPS) is 24.9. The van der Waals surface area contributed by atoms with Crippen molar-refractivity contribution in [1.82, 2.24) is 10.2 Å². The molecule has 0 aliphatic carbocycles. The Labute approximate surface area is 94.4 Å². The number of nitrogens with zero attached hydrogens (tertiary/aromatic N) is 1. The van der Waals surface area contributed by atoms with Crippen molar-refractivity contribution in [2.45, 2.75) is 45.7 Å². The minimum absolute atomic E-state index is 0.112. The summed E-state index contributed by atoms with van der Waals surface area (Å²) in [5, 5.41) is 3.60. The zero-order chi connectivity index (χ0) is 11.5. The molecule has 2 nitrogen and oxygen atoms in total. The maximum atomic E-state index is 5.60. The Kier molecular flexibility index (Phi) is 4.19. The lowest BCUT2D eigenvalue weighted by Gasteiger charge is -2.36. The minimum Gasteiger partial charge on any atom is -0.312 e. The minimum atomic E-state index is -0.112. The highest BCUT2D eigenvalue weighted by atomic mass is 15.2. The molecule has 0 saturated carbocycles. The average Bonchev–Trinajstić information content (AvgIpc) is 2.43. The SMILES string of the molecule is C#CC(C)(C)N1CCCNC(C(C)C)C1. The predicted octanol–water partition coefficient (Wildman–Crippen LogP) is 1.72. The van der Waals surface area contributed by atoms with Crippen molar-refractivity contribution in [3.8, 4) is 12.3 Å². The van der Waals surface area contributed by atoms with E-state index in [2.05, 4.69) is 43.8 Å². The van der Waals surface area contributed by atoms with E-state index < -0.39 is 0 Å². The summed E-state index contributed by atoms with van der Waals surface area (Å²) >= 11 is 0. The molecule has 1 aliphatic heterocycles. The molecule has 0 bridgehead atoms. The zero-order valence-electron chi connectivity index (χ0n) is 10.5. The summed E-state index contributed by atoms with van der Waals surface area (Å²) in [7, 11) is 0. The number of hydrogen-bond donors (Lipinski definition) is 1. The molecular formula is C13H24N2. The van der Waals surface area contributed by atoms with Gasteiger partial charge in [-0.1, -0.05) is 19.8 Å². The standard InChI is InChI=1S/C13H24N2/c1-6-13(4,5)15-9-7-8-14-12(10-15)11(2)3/h1,11-12,14H,7-10H2,2-5H3. The van der Waals surface area contributed by atoms with Gasteiger partial charge in [-0.2, -0.15) is 0 Å². The van der Waals surface area contributed by atoms with Gasteiger partial charge in [-0.3, -0.25) is 4.90 Å². The molecular weight excluding hydrogens is 184 g/mol. The van der Waals surface area contributed by atoms with Gasteiger partial charge in [0, 0.05) is 19.1 Å². The van der Waals surface area contributed by atoms with Crippen molar-refractivity contribution < 1.29 is 0 Å². The summed E-state index contributed by atoms with van der Waals surface area (Å²) < 4.78 is 0. The second kappa shape index (κ2) is 5.01. The van der Waals surface area contributed by atoms with Crippen LogP contribution in [0.4, 0.5) is 0 Å². The Morgan fingerprint density at radius 1 is 1.47 bits per heavy atom. The topological polar surface area (TPSA) is 15.3 Å². The Morgan fingerprint density at radius 3 is 2.67 bits per heavy atom. The lowest BCUT2D eigenvalue weighted by atomic mass is 9.99. The fourth-order valence-corrected chi connectivity index (χ4v) is 2.00. The summed E-state index contributed by atoms with van der Waals surface area (Å²) in [5.74, 6) is 3.56. The van der Waals surface area contributed by atoms with Gasteiger partial charge in [-0.05, 0) is 32.7 Å². The summed E-state index contributed by atoms with van der Waals surface area (Å²) in [4.78, 5) is 2.43. The Bertz CT molecular complexity index is 237. The van der Waals surface area contributed by atoms with E-state index in [9.17, 15) is 0 Å². The summed E-state index contributed by atoms with van der Waals surface area (Å²) in [6.45, 7) is 12.1. The number of nitrogens with one attached hydrogen (secondary N) is 1. The van der Waals surface area contributed by atoms with E-state index in [1.54, 1.807) is 0 Å². The van der Waals surface area contributed by atoms with Crippen LogP contribution in [-0.4, -0.2) is 36.1 Å². The number of terminal acetylenes is 1. The van der Waals surface area contributed by atoms with Gasteiger partial charge in [0.2, 0.25) is 0 Å². The molecule has 1 fully saturated rings. The van der Waals surface area contributed by atoms with Crippen LogP contribution in [0.5, 0.6) is 0 Å². The molecule has 1 atom stereocenters. The maximum absolute atomic E-state index is 5.60. The van der Waals surface area contributed by atoms with Gasteiger partial charge < -0.3 is 5.32 Å². The van der Waals surface area contributed by atoms with Gasteiger partial charge in [0.1, 0.15) is 0 Å². The molecule has 0 radical (unpaired) electrons. The smallest absolute Gasteiger partial charge is 0.0766 e. The molecule has 1 N–H and O–H groups in total. The molecule has 0 aromatic heterocycles. The molecule has 0 aromatic rings. The van der Waals surface area contributed by atoms with E-state index in [-0.39, 0.29) is 5.54 Å². The van der Waals surface area contributed by atoms with Crippen LogP contribution >= 0.6 is 0 Å². The molecule has 86 valence electrons. The van der Waals surface area contributed by atoms with E-state index in [0.717, 1.165) is 19.6 Å². The summed E-state index contributed by atoms with van der Waals surface area (Å²) in [6, 6.07) is 0.570. The quantitative estimate of drug-likeness (QED) is 0.695. The fourth-order valence-electron chi connectivity index (χ4n) is 2.00. The van der Waals surface area contributed by atoms with Crippen LogP contribution in [0, 0.1) is 18.3 Å². The first kappa shape index (κ1) is 12.5. The summed E-state index contributed by atoms with van der Waals surface area (Å²) in [6.07, 6.45) is 6.79. The van der Waals surface area contributed by atoms with Crippen molar-refractivity contribution in [2.75, 3.05) is 19.6 Å². The molecule has 1 unspecified atom stereocenters. The van der Waals surface area contributed by atoms with Gasteiger partial charge in [-0.15, -0.1) is 6.42 Å². The van der Waals surface area contributed by atoms with Crippen LogP contribution in [0.2, 0.25) is 0 Å². The number of hydrogen-bond acceptors (Lipinski definition) is 2. The molecule has 1 aliphatic rings. The van der Waals surface area contributed by atoms with Crippen molar-refractivity contribution in [3.63, 3.8) is 0 Å². The third-order valence-corrected chi connectivity index (χ3v) is 3.38. The van der Waals surface area contributed by atoms with Crippen molar-refractivity contribution >= 4 is 0 Å². The second-order valence-corrected chi connectivity index (χ2v) is 5.31. The lowest BCUT2D eigenvalue weighted by Crippen LogP contribution is -2.49. The largest absolute Gasteiger partial charge is 0.312 e. The van der Waals surface area contributed by atoms with Crippen molar-refractivity contribution in [3.05, 3.63) is 0 Å². The van der Waals surface area contributed by atoms with E-state index >= 15 is 0 Å². The first-order chi connectivity index (χ1) is 6.97. The van der Waals surface area contributed by atoms with Crippen molar-refractivity contribution in [1.29, 1.82) is 0 Å². The highest BCUT2D eigenvalue weighted by Crippen LogP contribution is 2.18. The monoisotopic (exact) mass is 208 g/mol. The Hall–Kier alpha value is -0.520. The molecule has 1 saturated heterocycles. The third-order valence-electron chi connectivity index (χ3n) is 3.38. The van der Waals surface area contributed by atoms with E-state index in [4.69, 9.17) is 6.42 Å². The molecule has 15 heavy (non-hydrogen) atoms. The van der Waals surface area contributed by atoms with Crippen LogP contribution < -0.4 is 5.32 Å². The van der Waals surface area contributed by atoms with Crippen LogP contribution in [0.1, 0.15) is 34.1 Å². The van der Waals surface area contributed by atoms with E-state index in [0.29, 0.717) is 12.0 Å². The molecule has 2 heteroatoms. The Morgan fingerprint density at radius 2 is 2.13 bits per heavy atom.